The lowest BCUT2D eigenvalue weighted by Gasteiger charge is -2.19. The van der Waals surface area contributed by atoms with Crippen LogP contribution in [0.1, 0.15) is 28.9 Å². The average Bonchev–Trinajstić information content (AvgIpc) is 3.51. The molecule has 0 saturated carbocycles. The number of H-pyrrole nitrogens is 1. The highest BCUT2D eigenvalue weighted by atomic mass is 16.6. The van der Waals surface area contributed by atoms with Gasteiger partial charge in [-0.2, -0.15) is 10.2 Å². The maximum atomic E-state index is 13.0. The van der Waals surface area contributed by atoms with Crippen LogP contribution in [0, 0.1) is 0 Å². The molecule has 0 aliphatic carbocycles. The van der Waals surface area contributed by atoms with Gasteiger partial charge in [-0.15, -0.1) is 0 Å². The van der Waals surface area contributed by atoms with Crippen molar-refractivity contribution in [2.24, 2.45) is 0 Å². The number of carbonyl (C=O) groups excluding carboxylic acids is 1. The van der Waals surface area contributed by atoms with Crippen LogP contribution in [0.3, 0.4) is 0 Å². The Bertz CT molecular complexity index is 1200. The Hall–Kier alpha value is -4.14. The average molecular weight is 416 g/mol. The van der Waals surface area contributed by atoms with Crippen molar-refractivity contribution >= 4 is 5.91 Å². The van der Waals surface area contributed by atoms with Crippen molar-refractivity contribution in [3.05, 3.63) is 72.4 Å². The number of rotatable bonds is 5. The summed E-state index contributed by atoms with van der Waals surface area (Å²) >= 11 is 0. The van der Waals surface area contributed by atoms with E-state index in [1.807, 2.05) is 49.4 Å². The molecule has 4 aromatic rings. The quantitative estimate of drug-likeness (QED) is 0.518. The van der Waals surface area contributed by atoms with Crippen molar-refractivity contribution in [3.63, 3.8) is 0 Å². The molecule has 1 aliphatic rings. The smallest absolute Gasteiger partial charge is 0.255 e. The van der Waals surface area contributed by atoms with Crippen molar-refractivity contribution in [1.82, 2.24) is 30.3 Å². The Balaban J connectivity index is 1.33. The zero-order valence-electron chi connectivity index (χ0n) is 16.8. The molecule has 3 heterocycles. The van der Waals surface area contributed by atoms with Gasteiger partial charge in [0.25, 0.3) is 5.91 Å². The fraction of sp³-hybridized carbons (Fsp3) is 0.182. The fourth-order valence-electron chi connectivity index (χ4n) is 3.49. The molecular formula is C22H20N6O3. The summed E-state index contributed by atoms with van der Waals surface area (Å²) in [7, 11) is 0. The second-order valence-electron chi connectivity index (χ2n) is 7.14. The topological polar surface area (TPSA) is 107 Å². The SMILES string of the molecule is C[C@@H](NC(=O)c1cn[nH]c1-c1ccc2c(c1)OCCO2)c1ccc(-n2cncn2)cc1. The van der Waals surface area contributed by atoms with Crippen LogP contribution in [0.15, 0.2) is 61.3 Å². The lowest BCUT2D eigenvalue weighted by atomic mass is 10.0. The first kappa shape index (κ1) is 18.9. The van der Waals surface area contributed by atoms with Gasteiger partial charge in [0.1, 0.15) is 25.9 Å². The van der Waals surface area contributed by atoms with Crippen molar-refractivity contribution in [2.75, 3.05) is 13.2 Å². The summed E-state index contributed by atoms with van der Waals surface area (Å²) in [5.41, 5.74) is 3.76. The standard InChI is InChI=1S/C22H20N6O3/c1-14(15-2-5-17(6-3-15)28-13-23-12-25-28)26-22(29)18-11-24-27-21(18)16-4-7-19-20(10-16)31-9-8-30-19/h2-7,10-14H,8-9H2,1H3,(H,24,27)(H,26,29)/t14-/m1/s1. The number of aromatic nitrogens is 5. The normalized spacial score (nSPS) is 13.6. The molecule has 1 atom stereocenters. The Morgan fingerprint density at radius 1 is 1.13 bits per heavy atom. The van der Waals surface area contributed by atoms with Crippen LogP contribution >= 0.6 is 0 Å². The minimum atomic E-state index is -0.216. The van der Waals surface area contributed by atoms with Crippen molar-refractivity contribution < 1.29 is 14.3 Å². The van der Waals surface area contributed by atoms with E-state index < -0.39 is 0 Å². The van der Waals surface area contributed by atoms with Gasteiger partial charge in [-0.05, 0) is 42.8 Å². The molecule has 0 saturated heterocycles. The van der Waals surface area contributed by atoms with Gasteiger partial charge in [0, 0.05) is 5.56 Å². The van der Waals surface area contributed by atoms with E-state index in [0.29, 0.717) is 36.0 Å². The molecule has 1 aliphatic heterocycles. The van der Waals surface area contributed by atoms with Crippen LogP contribution in [0.2, 0.25) is 0 Å². The van der Waals surface area contributed by atoms with Gasteiger partial charge in [-0.1, -0.05) is 12.1 Å². The monoisotopic (exact) mass is 416 g/mol. The van der Waals surface area contributed by atoms with Crippen LogP contribution in [0.4, 0.5) is 0 Å². The largest absolute Gasteiger partial charge is 0.486 e. The molecule has 5 rings (SSSR count). The number of benzene rings is 2. The van der Waals surface area contributed by atoms with Crippen LogP contribution in [0.25, 0.3) is 16.9 Å². The van der Waals surface area contributed by atoms with E-state index in [-0.39, 0.29) is 11.9 Å². The summed E-state index contributed by atoms with van der Waals surface area (Å²) in [4.78, 5) is 16.9. The molecule has 9 heteroatoms. The zero-order valence-corrected chi connectivity index (χ0v) is 16.8. The van der Waals surface area contributed by atoms with E-state index in [1.54, 1.807) is 11.0 Å². The molecule has 0 unspecified atom stereocenters. The molecule has 156 valence electrons. The maximum Gasteiger partial charge on any atom is 0.255 e. The third-order valence-corrected chi connectivity index (χ3v) is 5.14. The summed E-state index contributed by atoms with van der Waals surface area (Å²) in [6, 6.07) is 13.2. The zero-order chi connectivity index (χ0) is 21.2. The number of hydrogen-bond donors (Lipinski definition) is 2. The summed E-state index contributed by atoms with van der Waals surface area (Å²) < 4.78 is 12.9. The summed E-state index contributed by atoms with van der Waals surface area (Å²) in [6.07, 6.45) is 4.65. The Morgan fingerprint density at radius 2 is 1.94 bits per heavy atom. The molecule has 2 N–H and O–H groups in total. The molecule has 0 bridgehead atoms. The number of carbonyl (C=O) groups is 1. The van der Waals surface area contributed by atoms with Gasteiger partial charge in [0.15, 0.2) is 11.5 Å². The number of nitrogens with one attached hydrogen (secondary N) is 2. The summed E-state index contributed by atoms with van der Waals surface area (Å²) in [5, 5.41) is 14.2. The predicted molar refractivity (Wildman–Crippen MR) is 112 cm³/mol. The van der Waals surface area contributed by atoms with Crippen molar-refractivity contribution in [2.45, 2.75) is 13.0 Å². The van der Waals surface area contributed by atoms with Crippen LogP contribution < -0.4 is 14.8 Å². The summed E-state index contributed by atoms with van der Waals surface area (Å²) in [6.45, 7) is 2.97. The molecule has 0 spiro atoms. The first-order chi connectivity index (χ1) is 15.2. The van der Waals surface area contributed by atoms with Crippen molar-refractivity contribution in [3.8, 4) is 28.4 Å². The van der Waals surface area contributed by atoms with E-state index in [0.717, 1.165) is 16.8 Å². The van der Waals surface area contributed by atoms with Gasteiger partial charge < -0.3 is 14.8 Å². The lowest BCUT2D eigenvalue weighted by molar-refractivity contribution is 0.0940. The van der Waals surface area contributed by atoms with E-state index in [9.17, 15) is 4.79 Å². The summed E-state index contributed by atoms with van der Waals surface area (Å²) in [5.74, 6) is 1.14. The Labute approximate surface area is 178 Å². The number of hydrogen-bond acceptors (Lipinski definition) is 6. The number of fused-ring (bicyclic) bond motifs is 1. The second-order valence-corrected chi connectivity index (χ2v) is 7.14. The van der Waals surface area contributed by atoms with E-state index in [4.69, 9.17) is 9.47 Å². The molecule has 0 fully saturated rings. The Kier molecular flexibility index (Phi) is 4.83. The highest BCUT2D eigenvalue weighted by Gasteiger charge is 2.20. The van der Waals surface area contributed by atoms with E-state index in [1.165, 1.54) is 12.5 Å². The van der Waals surface area contributed by atoms with E-state index >= 15 is 0 Å². The van der Waals surface area contributed by atoms with Gasteiger partial charge in [0.05, 0.1) is 29.2 Å². The molecular weight excluding hydrogens is 396 g/mol. The fourth-order valence-corrected chi connectivity index (χ4v) is 3.49. The molecule has 1 amide bonds. The molecule has 2 aromatic heterocycles. The number of nitrogens with zero attached hydrogens (tertiary/aromatic N) is 4. The van der Waals surface area contributed by atoms with Gasteiger partial charge in [0.2, 0.25) is 0 Å². The van der Waals surface area contributed by atoms with Gasteiger partial charge in [-0.25, -0.2) is 9.67 Å². The van der Waals surface area contributed by atoms with Crippen LogP contribution in [0.5, 0.6) is 11.5 Å². The number of ether oxygens (including phenoxy) is 2. The highest BCUT2D eigenvalue weighted by Crippen LogP contribution is 2.35. The third kappa shape index (κ3) is 3.73. The molecule has 2 aromatic carbocycles. The van der Waals surface area contributed by atoms with Crippen molar-refractivity contribution in [1.29, 1.82) is 0 Å². The minimum Gasteiger partial charge on any atom is -0.486 e. The molecule has 31 heavy (non-hydrogen) atoms. The number of aromatic amines is 1. The van der Waals surface area contributed by atoms with Crippen LogP contribution in [-0.4, -0.2) is 44.1 Å². The minimum absolute atomic E-state index is 0.194. The first-order valence-corrected chi connectivity index (χ1v) is 9.88. The van der Waals surface area contributed by atoms with Gasteiger partial charge >= 0.3 is 0 Å². The van der Waals surface area contributed by atoms with Gasteiger partial charge in [-0.3, -0.25) is 9.89 Å². The second kappa shape index (κ2) is 7.94. The third-order valence-electron chi connectivity index (χ3n) is 5.14. The molecule has 0 radical (unpaired) electrons. The predicted octanol–water partition coefficient (Wildman–Crippen LogP) is 2.92. The highest BCUT2D eigenvalue weighted by molar-refractivity contribution is 6.00. The number of amides is 1. The van der Waals surface area contributed by atoms with Crippen LogP contribution in [-0.2, 0) is 0 Å². The Morgan fingerprint density at radius 3 is 2.71 bits per heavy atom. The maximum absolute atomic E-state index is 13.0. The van der Waals surface area contributed by atoms with E-state index in [2.05, 4.69) is 25.6 Å². The lowest BCUT2D eigenvalue weighted by Crippen LogP contribution is -2.26. The molecule has 9 nitrogen and oxygen atoms in total. The first-order valence-electron chi connectivity index (χ1n) is 9.88.